The van der Waals surface area contributed by atoms with Crippen LogP contribution in [0.3, 0.4) is 0 Å². The molecule has 1 fully saturated rings. The molecule has 0 aliphatic heterocycles. The van der Waals surface area contributed by atoms with Crippen LogP contribution < -0.4 is 0 Å². The number of carboxylic acid groups (broad SMARTS) is 1. The Balaban J connectivity index is 1.72. The highest BCUT2D eigenvalue weighted by atomic mass is 19.1. The summed E-state index contributed by atoms with van der Waals surface area (Å²) >= 11 is 0. The van der Waals surface area contributed by atoms with Crippen molar-refractivity contribution >= 4 is 17.6 Å². The van der Waals surface area contributed by atoms with Crippen molar-refractivity contribution in [3.8, 4) is 0 Å². The molecule has 1 saturated carbocycles. The van der Waals surface area contributed by atoms with E-state index in [0.29, 0.717) is 11.5 Å². The van der Waals surface area contributed by atoms with Gasteiger partial charge in [0, 0.05) is 5.56 Å². The highest BCUT2D eigenvalue weighted by molar-refractivity contribution is 5.88. The summed E-state index contributed by atoms with van der Waals surface area (Å²) in [4.78, 5) is 10.9. The molecule has 4 rings (SSSR count). The number of benzene rings is 2. The Kier molecular flexibility index (Phi) is 3.75. The van der Waals surface area contributed by atoms with Crippen molar-refractivity contribution in [3.05, 3.63) is 69.5 Å². The highest BCUT2D eigenvalue weighted by Crippen LogP contribution is 2.53. The summed E-state index contributed by atoms with van der Waals surface area (Å²) in [5.74, 6) is -0.190. The summed E-state index contributed by atoms with van der Waals surface area (Å²) in [7, 11) is 0. The number of carboxylic acids is 1. The van der Waals surface area contributed by atoms with Gasteiger partial charge in [-0.2, -0.15) is 0 Å². The molecular formula is C22H21FO2. The first-order valence-electron chi connectivity index (χ1n) is 8.80. The molecule has 2 bridgehead atoms. The lowest BCUT2D eigenvalue weighted by Gasteiger charge is -2.18. The van der Waals surface area contributed by atoms with Gasteiger partial charge in [-0.25, -0.2) is 9.18 Å². The molecule has 0 radical (unpaired) electrons. The van der Waals surface area contributed by atoms with E-state index in [1.54, 1.807) is 0 Å². The maximum absolute atomic E-state index is 14.2. The van der Waals surface area contributed by atoms with E-state index in [1.807, 2.05) is 13.0 Å². The van der Waals surface area contributed by atoms with Crippen LogP contribution >= 0.6 is 0 Å². The smallest absolute Gasteiger partial charge is 0.335 e. The monoisotopic (exact) mass is 336 g/mol. The van der Waals surface area contributed by atoms with Crippen LogP contribution in [0.2, 0.25) is 0 Å². The van der Waals surface area contributed by atoms with Crippen molar-refractivity contribution in [1.82, 2.24) is 0 Å². The van der Waals surface area contributed by atoms with Crippen LogP contribution in [0.5, 0.6) is 0 Å². The molecule has 0 spiro atoms. The molecule has 2 unspecified atom stereocenters. The minimum atomic E-state index is -1.12. The van der Waals surface area contributed by atoms with Crippen molar-refractivity contribution in [2.75, 3.05) is 0 Å². The lowest BCUT2D eigenvalue weighted by atomic mass is 9.86. The Hall–Kier alpha value is -2.42. The van der Waals surface area contributed by atoms with Crippen LogP contribution in [-0.2, 0) is 0 Å². The Bertz CT molecular complexity index is 910. The molecule has 1 N–H and O–H groups in total. The van der Waals surface area contributed by atoms with Gasteiger partial charge < -0.3 is 5.11 Å². The maximum atomic E-state index is 14.2. The zero-order valence-electron chi connectivity index (χ0n) is 14.5. The van der Waals surface area contributed by atoms with Gasteiger partial charge in [0.25, 0.3) is 0 Å². The second-order valence-electron chi connectivity index (χ2n) is 7.37. The van der Waals surface area contributed by atoms with E-state index in [4.69, 9.17) is 5.11 Å². The van der Waals surface area contributed by atoms with Crippen LogP contribution in [-0.4, -0.2) is 11.1 Å². The van der Waals surface area contributed by atoms with E-state index < -0.39 is 11.8 Å². The van der Waals surface area contributed by atoms with Gasteiger partial charge in [-0.05, 0) is 91.0 Å². The molecule has 2 aliphatic rings. The number of carbonyl (C=O) groups is 1. The zero-order chi connectivity index (χ0) is 17.7. The number of fused-ring (bicyclic) bond motifs is 5. The van der Waals surface area contributed by atoms with Gasteiger partial charge in [0.2, 0.25) is 0 Å². The summed E-state index contributed by atoms with van der Waals surface area (Å²) in [5.41, 5.74) is 6.77. The fourth-order valence-electron chi connectivity index (χ4n) is 4.51. The first-order valence-corrected chi connectivity index (χ1v) is 8.80. The molecule has 2 aliphatic carbocycles. The fourth-order valence-corrected chi connectivity index (χ4v) is 4.51. The lowest BCUT2D eigenvalue weighted by molar-refractivity contribution is 0.0696. The third kappa shape index (κ3) is 2.68. The predicted molar refractivity (Wildman–Crippen MR) is 97.4 cm³/mol. The summed E-state index contributed by atoms with van der Waals surface area (Å²) < 4.78 is 14.2. The normalized spacial score (nSPS) is 21.5. The first kappa shape index (κ1) is 16.1. The SMILES string of the molecule is C/C(=C/c1ccc(C(=O)O)cc1F)c1cc2c(cc1C)C1CCC2C1. The minimum absolute atomic E-state index is 0.0305. The summed E-state index contributed by atoms with van der Waals surface area (Å²) in [6.07, 6.45) is 5.69. The largest absolute Gasteiger partial charge is 0.478 e. The molecule has 25 heavy (non-hydrogen) atoms. The third-order valence-corrected chi connectivity index (χ3v) is 5.79. The quantitative estimate of drug-likeness (QED) is 0.724. The number of aromatic carboxylic acids is 1. The fraction of sp³-hybridized carbons (Fsp3) is 0.318. The summed E-state index contributed by atoms with van der Waals surface area (Å²) in [5, 5.41) is 8.96. The topological polar surface area (TPSA) is 37.3 Å². The number of aryl methyl sites for hydroxylation is 1. The van der Waals surface area contributed by atoms with Crippen molar-refractivity contribution in [2.45, 2.75) is 44.9 Å². The maximum Gasteiger partial charge on any atom is 0.335 e. The van der Waals surface area contributed by atoms with Gasteiger partial charge in [0.15, 0.2) is 0 Å². The molecule has 2 aromatic rings. The Morgan fingerprint density at radius 3 is 2.48 bits per heavy atom. The molecule has 2 atom stereocenters. The standard InChI is InChI=1S/C22H21FO2/c1-12(7-16-5-6-17(22(24)25)10-21(16)23)18-11-20-15-4-3-14(9-15)19(20)8-13(18)2/h5-8,10-11,14-15H,3-4,9H2,1-2H3,(H,24,25)/b12-7-. The lowest BCUT2D eigenvalue weighted by Crippen LogP contribution is -2.01. The number of hydrogen-bond donors (Lipinski definition) is 1. The van der Waals surface area contributed by atoms with E-state index in [9.17, 15) is 9.18 Å². The molecular weight excluding hydrogens is 315 g/mol. The van der Waals surface area contributed by atoms with Crippen molar-refractivity contribution in [1.29, 1.82) is 0 Å². The molecule has 128 valence electrons. The van der Waals surface area contributed by atoms with Gasteiger partial charge in [0.05, 0.1) is 5.56 Å². The van der Waals surface area contributed by atoms with E-state index >= 15 is 0 Å². The Morgan fingerprint density at radius 2 is 1.84 bits per heavy atom. The second-order valence-corrected chi connectivity index (χ2v) is 7.37. The minimum Gasteiger partial charge on any atom is -0.478 e. The number of allylic oxidation sites excluding steroid dienone is 1. The highest BCUT2D eigenvalue weighted by Gasteiger charge is 2.37. The number of halogens is 1. The second kappa shape index (κ2) is 5.83. The van der Waals surface area contributed by atoms with E-state index in [0.717, 1.165) is 23.1 Å². The van der Waals surface area contributed by atoms with Gasteiger partial charge in [-0.15, -0.1) is 0 Å². The van der Waals surface area contributed by atoms with Crippen LogP contribution in [0.25, 0.3) is 11.6 Å². The molecule has 0 saturated heterocycles. The van der Waals surface area contributed by atoms with Crippen LogP contribution in [0.4, 0.5) is 4.39 Å². The van der Waals surface area contributed by atoms with Gasteiger partial charge in [-0.1, -0.05) is 18.2 Å². The summed E-state index contributed by atoms with van der Waals surface area (Å²) in [6.45, 7) is 4.11. The molecule has 0 amide bonds. The number of rotatable bonds is 3. The molecule has 2 nitrogen and oxygen atoms in total. The average Bonchev–Trinajstić information content (AvgIpc) is 3.17. The number of hydrogen-bond acceptors (Lipinski definition) is 1. The molecule has 3 heteroatoms. The molecule has 0 heterocycles. The van der Waals surface area contributed by atoms with E-state index in [2.05, 4.69) is 19.1 Å². The van der Waals surface area contributed by atoms with Crippen molar-refractivity contribution in [3.63, 3.8) is 0 Å². The van der Waals surface area contributed by atoms with Crippen LogP contribution in [0, 0.1) is 12.7 Å². The van der Waals surface area contributed by atoms with Crippen molar-refractivity contribution < 1.29 is 14.3 Å². The first-order chi connectivity index (χ1) is 11.9. The third-order valence-electron chi connectivity index (χ3n) is 5.79. The van der Waals surface area contributed by atoms with E-state index in [-0.39, 0.29) is 5.56 Å². The van der Waals surface area contributed by atoms with Gasteiger partial charge in [-0.3, -0.25) is 0 Å². The van der Waals surface area contributed by atoms with E-state index in [1.165, 1.54) is 48.1 Å². The predicted octanol–water partition coefficient (Wildman–Crippen LogP) is 5.76. The molecule has 2 aromatic carbocycles. The Morgan fingerprint density at radius 1 is 1.16 bits per heavy atom. The van der Waals surface area contributed by atoms with Crippen LogP contribution in [0.1, 0.15) is 76.2 Å². The zero-order valence-corrected chi connectivity index (χ0v) is 14.5. The average molecular weight is 336 g/mol. The van der Waals surface area contributed by atoms with Crippen LogP contribution in [0.15, 0.2) is 30.3 Å². The summed E-state index contributed by atoms with van der Waals surface area (Å²) in [6, 6.07) is 8.67. The Labute approximate surface area is 147 Å². The van der Waals surface area contributed by atoms with Gasteiger partial charge >= 0.3 is 5.97 Å². The van der Waals surface area contributed by atoms with Gasteiger partial charge in [0.1, 0.15) is 5.82 Å². The van der Waals surface area contributed by atoms with Crippen molar-refractivity contribution in [2.24, 2.45) is 0 Å². The molecule has 0 aromatic heterocycles.